The Morgan fingerprint density at radius 1 is 1.60 bits per heavy atom. The fourth-order valence-electron chi connectivity index (χ4n) is 0.836. The summed E-state index contributed by atoms with van der Waals surface area (Å²) in [5.41, 5.74) is 4.51. The van der Waals surface area contributed by atoms with Gasteiger partial charge in [0.1, 0.15) is 0 Å². The van der Waals surface area contributed by atoms with Crippen molar-refractivity contribution < 1.29 is 5.73 Å². The maximum Gasteiger partial charge on any atom is 0.267 e. The molecule has 1 aromatic rings. The fourth-order valence-corrected chi connectivity index (χ4v) is 0.836. The van der Waals surface area contributed by atoms with E-state index in [2.05, 4.69) is 15.9 Å². The van der Waals surface area contributed by atoms with Crippen LogP contribution < -0.4 is 11.3 Å². The smallest absolute Gasteiger partial charge is 0.267 e. The molecule has 0 atom stereocenters. The Balaban J connectivity index is 2.57. The molecule has 1 heterocycles. The molecular formula is C6H12N3O+. The lowest BCUT2D eigenvalue weighted by molar-refractivity contribution is -0.368. The molecule has 0 bridgehead atoms. The minimum absolute atomic E-state index is 0.00606. The van der Waals surface area contributed by atoms with Gasteiger partial charge in [-0.1, -0.05) is 0 Å². The third-order valence-electron chi connectivity index (χ3n) is 1.42. The van der Waals surface area contributed by atoms with E-state index < -0.39 is 0 Å². The Hall–Kier alpha value is -1.03. The second-order valence-electron chi connectivity index (χ2n) is 2.23. The Labute approximate surface area is 58.4 Å². The highest BCUT2D eigenvalue weighted by atomic mass is 16.1. The summed E-state index contributed by atoms with van der Waals surface area (Å²) < 4.78 is 0. The highest BCUT2D eigenvalue weighted by Crippen LogP contribution is 1.90. The number of aromatic amines is 2. The SMILES string of the molecule is [NH3+]CCCc1c[nH][nH]c1=O. The Bertz CT molecular complexity index is 237. The first-order valence-electron chi connectivity index (χ1n) is 3.39. The predicted molar refractivity (Wildman–Crippen MR) is 37.5 cm³/mol. The van der Waals surface area contributed by atoms with Gasteiger partial charge in [0.25, 0.3) is 5.56 Å². The van der Waals surface area contributed by atoms with Crippen molar-refractivity contribution >= 4 is 0 Å². The summed E-state index contributed by atoms with van der Waals surface area (Å²) in [4.78, 5) is 10.8. The highest BCUT2D eigenvalue weighted by Gasteiger charge is 1.97. The van der Waals surface area contributed by atoms with Crippen molar-refractivity contribution in [3.63, 3.8) is 0 Å². The van der Waals surface area contributed by atoms with Gasteiger partial charge in [0.15, 0.2) is 0 Å². The van der Waals surface area contributed by atoms with Gasteiger partial charge < -0.3 is 10.8 Å². The van der Waals surface area contributed by atoms with Gasteiger partial charge in [-0.2, -0.15) is 0 Å². The van der Waals surface area contributed by atoms with Crippen molar-refractivity contribution in [2.45, 2.75) is 12.8 Å². The minimum Gasteiger partial charge on any atom is -0.358 e. The molecular weight excluding hydrogens is 130 g/mol. The third-order valence-corrected chi connectivity index (χ3v) is 1.42. The Morgan fingerprint density at radius 2 is 2.40 bits per heavy atom. The average Bonchev–Trinajstić information content (AvgIpc) is 2.31. The lowest BCUT2D eigenvalue weighted by Crippen LogP contribution is -2.50. The standard InChI is InChI=1S/C6H11N3O/c7-3-1-2-5-4-8-9-6(5)10/h4H,1-3,7H2,(H2,8,9,10)/p+1. The number of aryl methyl sites for hydroxylation is 1. The summed E-state index contributed by atoms with van der Waals surface area (Å²) in [7, 11) is 0. The quantitative estimate of drug-likeness (QED) is 0.491. The summed E-state index contributed by atoms with van der Waals surface area (Å²) in [6.45, 7) is 0.880. The molecule has 0 aliphatic rings. The number of quaternary nitrogens is 1. The molecule has 1 rings (SSSR count). The number of aromatic nitrogens is 2. The molecule has 1 aromatic heterocycles. The van der Waals surface area contributed by atoms with Crippen LogP contribution in [0.1, 0.15) is 12.0 Å². The Kier molecular flexibility index (Phi) is 2.28. The van der Waals surface area contributed by atoms with E-state index in [4.69, 9.17) is 0 Å². The molecule has 10 heavy (non-hydrogen) atoms. The highest BCUT2D eigenvalue weighted by molar-refractivity contribution is 5.02. The van der Waals surface area contributed by atoms with Gasteiger partial charge in [-0.25, -0.2) is 0 Å². The number of nitrogens with one attached hydrogen (secondary N) is 2. The molecule has 0 aliphatic carbocycles. The second kappa shape index (κ2) is 3.22. The van der Waals surface area contributed by atoms with Crippen molar-refractivity contribution in [3.05, 3.63) is 22.1 Å². The van der Waals surface area contributed by atoms with Crippen LogP contribution in [0.2, 0.25) is 0 Å². The molecule has 0 aliphatic heterocycles. The molecule has 0 fully saturated rings. The summed E-state index contributed by atoms with van der Waals surface area (Å²) >= 11 is 0. The molecule has 0 aromatic carbocycles. The van der Waals surface area contributed by atoms with Gasteiger partial charge in [0.05, 0.1) is 6.54 Å². The van der Waals surface area contributed by atoms with E-state index in [9.17, 15) is 4.79 Å². The van der Waals surface area contributed by atoms with Crippen molar-refractivity contribution in [3.8, 4) is 0 Å². The van der Waals surface area contributed by atoms with E-state index in [1.165, 1.54) is 0 Å². The van der Waals surface area contributed by atoms with Gasteiger partial charge in [-0.3, -0.25) is 9.89 Å². The first kappa shape index (κ1) is 7.08. The van der Waals surface area contributed by atoms with E-state index in [1.54, 1.807) is 6.20 Å². The number of rotatable bonds is 3. The fraction of sp³-hybridized carbons (Fsp3) is 0.500. The predicted octanol–water partition coefficient (Wildman–Crippen LogP) is -1.12. The average molecular weight is 142 g/mol. The summed E-state index contributed by atoms with van der Waals surface area (Å²) in [6.07, 6.45) is 3.50. The van der Waals surface area contributed by atoms with Crippen LogP contribution in [0.25, 0.3) is 0 Å². The molecule has 0 saturated heterocycles. The van der Waals surface area contributed by atoms with Crippen LogP contribution in [0.15, 0.2) is 11.0 Å². The van der Waals surface area contributed by atoms with Crippen molar-refractivity contribution in [1.82, 2.24) is 10.2 Å². The lowest BCUT2D eigenvalue weighted by Gasteiger charge is -1.87. The van der Waals surface area contributed by atoms with Crippen molar-refractivity contribution in [2.24, 2.45) is 0 Å². The number of H-pyrrole nitrogens is 2. The van der Waals surface area contributed by atoms with Gasteiger partial charge in [-0.15, -0.1) is 0 Å². The zero-order valence-electron chi connectivity index (χ0n) is 5.81. The van der Waals surface area contributed by atoms with Gasteiger partial charge in [0, 0.05) is 18.2 Å². The Morgan fingerprint density at radius 3 is 2.90 bits per heavy atom. The van der Waals surface area contributed by atoms with Gasteiger partial charge in [-0.05, 0) is 6.42 Å². The number of hydrogen-bond donors (Lipinski definition) is 3. The topological polar surface area (TPSA) is 76.3 Å². The monoisotopic (exact) mass is 142 g/mol. The van der Waals surface area contributed by atoms with Gasteiger partial charge in [0.2, 0.25) is 0 Å². The molecule has 0 spiro atoms. The van der Waals surface area contributed by atoms with E-state index in [-0.39, 0.29) is 5.56 Å². The minimum atomic E-state index is -0.00606. The largest absolute Gasteiger partial charge is 0.358 e. The summed E-state index contributed by atoms with van der Waals surface area (Å²) in [5.74, 6) is 0. The van der Waals surface area contributed by atoms with E-state index in [0.717, 1.165) is 24.9 Å². The van der Waals surface area contributed by atoms with E-state index in [1.807, 2.05) is 0 Å². The molecule has 0 radical (unpaired) electrons. The summed E-state index contributed by atoms with van der Waals surface area (Å²) in [5, 5.41) is 5.13. The van der Waals surface area contributed by atoms with Crippen LogP contribution in [-0.4, -0.2) is 16.7 Å². The van der Waals surface area contributed by atoms with E-state index in [0.29, 0.717) is 0 Å². The van der Waals surface area contributed by atoms with Crippen molar-refractivity contribution in [1.29, 1.82) is 0 Å². The summed E-state index contributed by atoms with van der Waals surface area (Å²) in [6, 6.07) is 0. The molecule has 56 valence electrons. The maximum absolute atomic E-state index is 10.8. The molecule has 0 unspecified atom stereocenters. The molecule has 5 N–H and O–H groups in total. The van der Waals surface area contributed by atoms with Crippen LogP contribution in [0.3, 0.4) is 0 Å². The normalized spacial score (nSPS) is 10.1. The van der Waals surface area contributed by atoms with Crippen molar-refractivity contribution in [2.75, 3.05) is 6.54 Å². The number of hydrogen-bond acceptors (Lipinski definition) is 1. The van der Waals surface area contributed by atoms with Gasteiger partial charge >= 0.3 is 0 Å². The zero-order valence-corrected chi connectivity index (χ0v) is 5.81. The first-order valence-corrected chi connectivity index (χ1v) is 3.39. The van der Waals surface area contributed by atoms with Crippen LogP contribution in [0, 0.1) is 0 Å². The molecule has 4 nitrogen and oxygen atoms in total. The molecule has 0 saturated carbocycles. The maximum atomic E-state index is 10.8. The lowest BCUT2D eigenvalue weighted by atomic mass is 10.2. The molecule has 4 heteroatoms. The van der Waals surface area contributed by atoms with E-state index >= 15 is 0 Å². The van der Waals surface area contributed by atoms with Crippen LogP contribution >= 0.6 is 0 Å². The van der Waals surface area contributed by atoms with Crippen LogP contribution in [0.4, 0.5) is 0 Å². The zero-order chi connectivity index (χ0) is 7.40. The first-order chi connectivity index (χ1) is 4.84. The van der Waals surface area contributed by atoms with Crippen LogP contribution in [0.5, 0.6) is 0 Å². The molecule has 0 amide bonds. The van der Waals surface area contributed by atoms with Crippen LogP contribution in [-0.2, 0) is 6.42 Å². The third kappa shape index (κ3) is 1.48. The second-order valence-corrected chi connectivity index (χ2v) is 2.23.